The van der Waals surface area contributed by atoms with Crippen molar-refractivity contribution in [2.45, 2.75) is 19.3 Å². The van der Waals surface area contributed by atoms with Crippen LogP contribution in [0.5, 0.6) is 11.6 Å². The number of nitro benzene ring substituents is 1. The van der Waals surface area contributed by atoms with Gasteiger partial charge in [-0.2, -0.15) is 5.26 Å². The lowest BCUT2D eigenvalue weighted by molar-refractivity contribution is -0.384. The van der Waals surface area contributed by atoms with Crippen LogP contribution in [0.15, 0.2) is 60.0 Å². The van der Waals surface area contributed by atoms with Gasteiger partial charge in [-0.15, -0.1) is 5.10 Å². The second-order valence-electron chi connectivity index (χ2n) is 6.96. The van der Waals surface area contributed by atoms with Crippen molar-refractivity contribution in [3.05, 3.63) is 81.2 Å². The third-order valence-electron chi connectivity index (χ3n) is 4.99. The first-order valence-corrected chi connectivity index (χ1v) is 9.67. The number of aromatic amines is 1. The highest BCUT2D eigenvalue weighted by Crippen LogP contribution is 2.45. The van der Waals surface area contributed by atoms with Crippen molar-refractivity contribution in [3.8, 4) is 29.0 Å². The molecule has 156 valence electrons. The summed E-state index contributed by atoms with van der Waals surface area (Å²) in [6, 6.07) is 15.6. The van der Waals surface area contributed by atoms with E-state index in [9.17, 15) is 15.4 Å². The second-order valence-corrected chi connectivity index (χ2v) is 6.96. The number of nitrogens with zero attached hydrogens (tertiary/aromatic N) is 3. The largest absolute Gasteiger partial charge is 0.494 e. The van der Waals surface area contributed by atoms with Crippen molar-refractivity contribution in [1.29, 1.82) is 5.26 Å². The third-order valence-corrected chi connectivity index (χ3v) is 4.99. The molecule has 0 fully saturated rings. The minimum Gasteiger partial charge on any atom is -0.494 e. The highest BCUT2D eigenvalue weighted by atomic mass is 16.6. The monoisotopic (exact) mass is 417 g/mol. The van der Waals surface area contributed by atoms with Crippen LogP contribution in [-0.2, 0) is 0 Å². The first-order valence-electron chi connectivity index (χ1n) is 9.67. The molecule has 9 nitrogen and oxygen atoms in total. The Labute approximate surface area is 177 Å². The molecule has 1 aliphatic heterocycles. The van der Waals surface area contributed by atoms with E-state index in [1.54, 1.807) is 12.1 Å². The van der Waals surface area contributed by atoms with Gasteiger partial charge in [-0.25, -0.2) is 0 Å². The number of H-pyrrole nitrogens is 1. The highest BCUT2D eigenvalue weighted by Gasteiger charge is 2.35. The molecule has 0 saturated heterocycles. The molecule has 1 unspecified atom stereocenters. The zero-order chi connectivity index (χ0) is 22.0. The third kappa shape index (κ3) is 3.67. The molecule has 31 heavy (non-hydrogen) atoms. The lowest BCUT2D eigenvalue weighted by Gasteiger charge is -2.24. The number of fused-ring (bicyclic) bond motifs is 1. The molecule has 0 bridgehead atoms. The highest BCUT2D eigenvalue weighted by molar-refractivity contribution is 5.71. The molecule has 0 amide bonds. The molecule has 1 aliphatic rings. The molecule has 3 aromatic rings. The summed E-state index contributed by atoms with van der Waals surface area (Å²) >= 11 is 0. The van der Waals surface area contributed by atoms with Crippen LogP contribution in [0.2, 0.25) is 0 Å². The van der Waals surface area contributed by atoms with Crippen LogP contribution in [0, 0.1) is 21.4 Å². The van der Waals surface area contributed by atoms with Gasteiger partial charge in [0.05, 0.1) is 28.7 Å². The summed E-state index contributed by atoms with van der Waals surface area (Å²) in [5.74, 6) is 0.393. The van der Waals surface area contributed by atoms with E-state index in [4.69, 9.17) is 15.2 Å². The van der Waals surface area contributed by atoms with E-state index in [2.05, 4.69) is 16.3 Å². The molecule has 0 aliphatic carbocycles. The predicted molar refractivity (Wildman–Crippen MR) is 112 cm³/mol. The molecule has 0 saturated carbocycles. The topological polar surface area (TPSA) is 140 Å². The van der Waals surface area contributed by atoms with E-state index < -0.39 is 10.8 Å². The summed E-state index contributed by atoms with van der Waals surface area (Å²) in [6.07, 6.45) is 0.911. The Balaban J connectivity index is 1.80. The SMILES string of the molecule is CCCOc1ccc(-c2[nH]nc3c2C(c2ccc([N+](=O)[O-])cc2)C(C#N)=C(N)O3)cc1. The molecular weight excluding hydrogens is 398 g/mol. The van der Waals surface area contributed by atoms with Gasteiger partial charge in [0.15, 0.2) is 0 Å². The summed E-state index contributed by atoms with van der Waals surface area (Å²) in [7, 11) is 0. The summed E-state index contributed by atoms with van der Waals surface area (Å²) in [5.41, 5.74) is 8.95. The number of benzene rings is 2. The normalized spacial score (nSPS) is 15.0. The van der Waals surface area contributed by atoms with Crippen molar-refractivity contribution >= 4 is 5.69 Å². The average molecular weight is 417 g/mol. The predicted octanol–water partition coefficient (Wildman–Crippen LogP) is 3.99. The number of non-ortho nitro benzene ring substituents is 1. The number of nitrogens with two attached hydrogens (primary N) is 1. The van der Waals surface area contributed by atoms with Crippen LogP contribution < -0.4 is 15.2 Å². The Morgan fingerprint density at radius 3 is 2.58 bits per heavy atom. The van der Waals surface area contributed by atoms with Gasteiger partial charge in [0, 0.05) is 17.7 Å². The van der Waals surface area contributed by atoms with Gasteiger partial charge in [0.1, 0.15) is 17.4 Å². The fourth-order valence-electron chi connectivity index (χ4n) is 3.52. The van der Waals surface area contributed by atoms with E-state index in [1.807, 2.05) is 31.2 Å². The number of aromatic nitrogens is 2. The molecule has 0 spiro atoms. The van der Waals surface area contributed by atoms with Crippen molar-refractivity contribution in [2.75, 3.05) is 6.61 Å². The average Bonchev–Trinajstić information content (AvgIpc) is 3.20. The van der Waals surface area contributed by atoms with Crippen LogP contribution in [0.3, 0.4) is 0 Å². The van der Waals surface area contributed by atoms with Gasteiger partial charge in [0.2, 0.25) is 11.8 Å². The van der Waals surface area contributed by atoms with E-state index >= 15 is 0 Å². The van der Waals surface area contributed by atoms with Gasteiger partial charge in [-0.3, -0.25) is 15.2 Å². The fraction of sp³-hybridized carbons (Fsp3) is 0.182. The Kier molecular flexibility index (Phi) is 5.28. The smallest absolute Gasteiger partial charge is 0.269 e. The first kappa shape index (κ1) is 20.0. The minimum absolute atomic E-state index is 0.0402. The van der Waals surface area contributed by atoms with Crippen LogP contribution in [-0.4, -0.2) is 21.7 Å². The number of rotatable bonds is 6. The zero-order valence-corrected chi connectivity index (χ0v) is 16.7. The van der Waals surface area contributed by atoms with Crippen LogP contribution in [0.1, 0.15) is 30.4 Å². The fourth-order valence-corrected chi connectivity index (χ4v) is 3.52. The number of hydrogen-bond acceptors (Lipinski definition) is 7. The van der Waals surface area contributed by atoms with Gasteiger partial charge in [-0.05, 0) is 36.2 Å². The maximum Gasteiger partial charge on any atom is 0.269 e. The number of ether oxygens (including phenoxy) is 2. The Hall–Kier alpha value is -4.32. The first-order chi connectivity index (χ1) is 15.0. The van der Waals surface area contributed by atoms with Crippen molar-refractivity contribution < 1.29 is 14.4 Å². The number of nitro groups is 1. The van der Waals surface area contributed by atoms with E-state index in [-0.39, 0.29) is 23.0 Å². The molecule has 2 heterocycles. The molecular formula is C22H19N5O4. The Bertz CT molecular complexity index is 1190. The molecule has 1 atom stereocenters. The number of hydrogen-bond donors (Lipinski definition) is 2. The molecule has 4 rings (SSSR count). The molecule has 9 heteroatoms. The van der Waals surface area contributed by atoms with E-state index in [1.165, 1.54) is 12.1 Å². The van der Waals surface area contributed by atoms with Gasteiger partial charge in [0.25, 0.3) is 5.69 Å². The molecule has 0 radical (unpaired) electrons. The van der Waals surface area contributed by atoms with Crippen LogP contribution >= 0.6 is 0 Å². The number of nitrogens with one attached hydrogen (secondary N) is 1. The van der Waals surface area contributed by atoms with Crippen LogP contribution in [0.25, 0.3) is 11.3 Å². The summed E-state index contributed by atoms with van der Waals surface area (Å²) in [5, 5.41) is 28.0. The molecule has 1 aromatic heterocycles. The molecule has 3 N–H and O–H groups in total. The quantitative estimate of drug-likeness (QED) is 0.456. The van der Waals surface area contributed by atoms with Crippen molar-refractivity contribution in [2.24, 2.45) is 5.73 Å². The van der Waals surface area contributed by atoms with Gasteiger partial charge >= 0.3 is 0 Å². The van der Waals surface area contributed by atoms with Crippen molar-refractivity contribution in [1.82, 2.24) is 10.2 Å². The standard InChI is InChI=1S/C22H19N5O4/c1-2-11-30-16-9-5-14(6-10-16)20-19-18(13-3-7-15(8-4-13)27(28)29)17(12-23)21(24)31-22(19)26-25-20/h3-10,18H,2,11,24H2,1H3,(H,25,26). The summed E-state index contributed by atoms with van der Waals surface area (Å²) in [6.45, 7) is 2.67. The second kappa shape index (κ2) is 8.20. The van der Waals surface area contributed by atoms with E-state index in [0.717, 1.165) is 17.7 Å². The van der Waals surface area contributed by atoms with Gasteiger partial charge < -0.3 is 15.2 Å². The Morgan fingerprint density at radius 2 is 1.97 bits per heavy atom. The minimum atomic E-state index is -0.584. The summed E-state index contributed by atoms with van der Waals surface area (Å²) < 4.78 is 11.2. The number of nitriles is 1. The number of allylic oxidation sites excluding steroid dienone is 1. The Morgan fingerprint density at radius 1 is 1.26 bits per heavy atom. The van der Waals surface area contributed by atoms with E-state index in [0.29, 0.717) is 23.4 Å². The summed E-state index contributed by atoms with van der Waals surface area (Å²) in [4.78, 5) is 10.6. The lowest BCUT2D eigenvalue weighted by atomic mass is 9.83. The van der Waals surface area contributed by atoms with Crippen LogP contribution in [0.4, 0.5) is 5.69 Å². The van der Waals surface area contributed by atoms with Crippen molar-refractivity contribution in [3.63, 3.8) is 0 Å². The lowest BCUT2D eigenvalue weighted by Crippen LogP contribution is -2.21. The maximum absolute atomic E-state index is 11.0. The zero-order valence-electron chi connectivity index (χ0n) is 16.7. The maximum atomic E-state index is 11.0. The van der Waals surface area contributed by atoms with Gasteiger partial charge in [-0.1, -0.05) is 19.1 Å². The molecule has 2 aromatic carbocycles.